The number of carbonyl (C=O) groups excluding carboxylic acids is 1. The summed E-state index contributed by atoms with van der Waals surface area (Å²) in [4.78, 5) is 29.5. The molecule has 0 aliphatic carbocycles. The Balaban J connectivity index is 0.00000341. The molecular weight excluding hydrogens is 515 g/mol. The lowest BCUT2D eigenvalue weighted by atomic mass is 9.98. The molecule has 0 spiro atoms. The fourth-order valence-electron chi connectivity index (χ4n) is 3.76. The van der Waals surface area contributed by atoms with Crippen LogP contribution in [0.5, 0.6) is 0 Å². The maximum Gasteiger partial charge on any atom is 0.310 e. The van der Waals surface area contributed by atoms with Crippen molar-refractivity contribution in [3.63, 3.8) is 0 Å². The summed E-state index contributed by atoms with van der Waals surface area (Å²) in [5.41, 5.74) is 0.957. The zero-order chi connectivity index (χ0) is 21.3. The Morgan fingerprint density at radius 3 is 2.77 bits per heavy atom. The molecule has 3 rings (SSSR count). The molecule has 0 aromatic heterocycles. The maximum atomic E-state index is 12.2. The molecule has 0 saturated carbocycles. The van der Waals surface area contributed by atoms with Crippen LogP contribution in [-0.2, 0) is 20.8 Å². The van der Waals surface area contributed by atoms with Gasteiger partial charge in [0, 0.05) is 44.3 Å². The predicted octanol–water partition coefficient (Wildman–Crippen LogP) is 2.97. The first kappa shape index (κ1) is 25.3. The molecule has 2 aliphatic rings. The second-order valence-corrected chi connectivity index (χ2v) is 7.71. The molecule has 1 aromatic rings. The van der Waals surface area contributed by atoms with E-state index in [-0.39, 0.29) is 41.6 Å². The Morgan fingerprint density at radius 1 is 1.35 bits per heavy atom. The number of likely N-dealkylation sites (tertiary alicyclic amines) is 1. The highest BCUT2D eigenvalue weighted by molar-refractivity contribution is 14.0. The highest BCUT2D eigenvalue weighted by atomic mass is 127. The maximum absolute atomic E-state index is 12.2. The Labute approximate surface area is 199 Å². The van der Waals surface area contributed by atoms with Gasteiger partial charge in [-0.2, -0.15) is 0 Å². The minimum atomic E-state index is -0.410. The van der Waals surface area contributed by atoms with Gasteiger partial charge >= 0.3 is 5.97 Å². The third-order valence-corrected chi connectivity index (χ3v) is 5.47. The van der Waals surface area contributed by atoms with E-state index in [1.807, 2.05) is 6.92 Å². The number of hydrogen-bond donors (Lipinski definition) is 1. The van der Waals surface area contributed by atoms with Gasteiger partial charge in [0.15, 0.2) is 5.96 Å². The van der Waals surface area contributed by atoms with E-state index in [4.69, 9.17) is 14.5 Å². The Hall–Kier alpha value is -1.95. The minimum absolute atomic E-state index is 0. The third-order valence-electron chi connectivity index (χ3n) is 5.47. The fraction of sp³-hybridized carbons (Fsp3) is 0.619. The summed E-state index contributed by atoms with van der Waals surface area (Å²) in [6.07, 6.45) is 2.74. The van der Waals surface area contributed by atoms with Crippen LogP contribution in [0, 0.1) is 22.0 Å². The van der Waals surface area contributed by atoms with Crippen LogP contribution < -0.4 is 5.32 Å². The van der Waals surface area contributed by atoms with Gasteiger partial charge in [-0.05, 0) is 31.7 Å². The van der Waals surface area contributed by atoms with E-state index in [2.05, 4.69) is 10.2 Å². The number of halogens is 1. The largest absolute Gasteiger partial charge is 0.466 e. The average Bonchev–Trinajstić information content (AvgIpc) is 3.28. The van der Waals surface area contributed by atoms with Crippen molar-refractivity contribution < 1.29 is 19.2 Å². The van der Waals surface area contributed by atoms with Crippen molar-refractivity contribution in [1.82, 2.24) is 10.2 Å². The first-order valence-corrected chi connectivity index (χ1v) is 10.6. The summed E-state index contributed by atoms with van der Waals surface area (Å²) in [6, 6.07) is 6.43. The molecular formula is C21H31IN4O5. The zero-order valence-corrected chi connectivity index (χ0v) is 20.2. The molecule has 2 unspecified atom stereocenters. The van der Waals surface area contributed by atoms with Crippen molar-refractivity contribution in [2.75, 3.05) is 39.5 Å². The molecule has 1 aromatic carbocycles. The Morgan fingerprint density at radius 2 is 2.13 bits per heavy atom. The number of piperidine rings is 1. The van der Waals surface area contributed by atoms with Crippen molar-refractivity contribution in [2.24, 2.45) is 16.8 Å². The summed E-state index contributed by atoms with van der Waals surface area (Å²) >= 11 is 0. The van der Waals surface area contributed by atoms with E-state index in [0.717, 1.165) is 57.1 Å². The van der Waals surface area contributed by atoms with Crippen LogP contribution >= 0.6 is 24.0 Å². The van der Waals surface area contributed by atoms with Crippen molar-refractivity contribution in [3.05, 3.63) is 39.9 Å². The van der Waals surface area contributed by atoms with Gasteiger partial charge in [0.1, 0.15) is 0 Å². The van der Waals surface area contributed by atoms with Crippen molar-refractivity contribution in [3.8, 4) is 0 Å². The highest BCUT2D eigenvalue weighted by Gasteiger charge is 2.29. The zero-order valence-electron chi connectivity index (χ0n) is 17.8. The van der Waals surface area contributed by atoms with Crippen molar-refractivity contribution >= 4 is 41.6 Å². The van der Waals surface area contributed by atoms with Gasteiger partial charge in [-0.1, -0.05) is 12.1 Å². The van der Waals surface area contributed by atoms with E-state index in [0.29, 0.717) is 25.6 Å². The number of aliphatic imine (C=N–C) groups is 1. The van der Waals surface area contributed by atoms with Gasteiger partial charge in [0.2, 0.25) is 0 Å². The normalized spacial score (nSPS) is 21.3. The lowest BCUT2D eigenvalue weighted by Crippen LogP contribution is -2.49. The third kappa shape index (κ3) is 7.60. The molecule has 0 amide bonds. The lowest BCUT2D eigenvalue weighted by Gasteiger charge is -2.34. The molecule has 2 fully saturated rings. The van der Waals surface area contributed by atoms with Crippen LogP contribution in [0.25, 0.3) is 0 Å². The van der Waals surface area contributed by atoms with E-state index in [1.54, 1.807) is 12.1 Å². The molecule has 31 heavy (non-hydrogen) atoms. The fourth-order valence-corrected chi connectivity index (χ4v) is 3.76. The summed E-state index contributed by atoms with van der Waals surface area (Å²) in [6.45, 7) is 6.30. The number of nitro groups is 1. The molecule has 2 heterocycles. The van der Waals surface area contributed by atoms with Crippen LogP contribution in [0.15, 0.2) is 29.3 Å². The number of esters is 1. The number of nitrogens with zero attached hydrogens (tertiary/aromatic N) is 3. The number of nitrogens with one attached hydrogen (secondary N) is 1. The van der Waals surface area contributed by atoms with E-state index < -0.39 is 4.92 Å². The van der Waals surface area contributed by atoms with Crippen LogP contribution in [-0.4, -0.2) is 61.2 Å². The number of nitro benzene ring substituents is 1. The number of non-ortho nitro benzene ring substituents is 1. The lowest BCUT2D eigenvalue weighted by molar-refractivity contribution is -0.384. The topological polar surface area (TPSA) is 106 Å². The van der Waals surface area contributed by atoms with Gasteiger partial charge in [0.25, 0.3) is 5.69 Å². The second kappa shape index (κ2) is 12.8. The van der Waals surface area contributed by atoms with E-state index in [1.165, 1.54) is 12.1 Å². The van der Waals surface area contributed by atoms with Gasteiger partial charge in [-0.15, -0.1) is 24.0 Å². The van der Waals surface area contributed by atoms with Gasteiger partial charge in [-0.3, -0.25) is 14.9 Å². The molecule has 0 radical (unpaired) electrons. The first-order chi connectivity index (χ1) is 14.6. The first-order valence-electron chi connectivity index (χ1n) is 10.6. The van der Waals surface area contributed by atoms with Crippen LogP contribution in [0.1, 0.15) is 31.7 Å². The van der Waals surface area contributed by atoms with Crippen molar-refractivity contribution in [2.45, 2.75) is 32.7 Å². The van der Waals surface area contributed by atoms with Crippen LogP contribution in [0.2, 0.25) is 0 Å². The summed E-state index contributed by atoms with van der Waals surface area (Å²) in [5.74, 6) is 0.899. The quantitative estimate of drug-likeness (QED) is 0.140. The van der Waals surface area contributed by atoms with Gasteiger partial charge < -0.3 is 19.7 Å². The summed E-state index contributed by atoms with van der Waals surface area (Å²) in [5, 5.41) is 14.3. The van der Waals surface area contributed by atoms with Crippen LogP contribution in [0.4, 0.5) is 5.69 Å². The van der Waals surface area contributed by atoms with E-state index >= 15 is 0 Å². The SMILES string of the molecule is CCOC(=O)C1CCCN(C(=NCc2ccc([N+](=O)[O-])cc2)NCC2CCOC2)C1.I. The van der Waals surface area contributed by atoms with Crippen LogP contribution in [0.3, 0.4) is 0 Å². The molecule has 10 heteroatoms. The Kier molecular flexibility index (Phi) is 10.4. The van der Waals surface area contributed by atoms with Gasteiger partial charge in [-0.25, -0.2) is 4.99 Å². The average molecular weight is 546 g/mol. The number of guanidine groups is 1. The molecule has 172 valence electrons. The molecule has 2 aliphatic heterocycles. The number of rotatable bonds is 7. The van der Waals surface area contributed by atoms with Crippen molar-refractivity contribution in [1.29, 1.82) is 0 Å². The predicted molar refractivity (Wildman–Crippen MR) is 128 cm³/mol. The number of ether oxygens (including phenoxy) is 2. The Bertz CT molecular complexity index is 753. The monoisotopic (exact) mass is 546 g/mol. The van der Waals surface area contributed by atoms with Gasteiger partial charge in [0.05, 0.1) is 30.6 Å². The summed E-state index contributed by atoms with van der Waals surface area (Å²) in [7, 11) is 0. The summed E-state index contributed by atoms with van der Waals surface area (Å²) < 4.78 is 10.7. The molecule has 1 N–H and O–H groups in total. The molecule has 2 saturated heterocycles. The second-order valence-electron chi connectivity index (χ2n) is 7.71. The highest BCUT2D eigenvalue weighted by Crippen LogP contribution is 2.19. The van der Waals surface area contributed by atoms with E-state index in [9.17, 15) is 14.9 Å². The number of hydrogen-bond acceptors (Lipinski definition) is 6. The number of carbonyl (C=O) groups is 1. The minimum Gasteiger partial charge on any atom is -0.466 e. The standard InChI is InChI=1S/C21H30N4O5.HI/c1-2-30-20(26)18-4-3-10-24(14-18)21(23-13-17-9-11-29-15-17)22-12-16-5-7-19(8-6-16)25(27)28;/h5-8,17-18H,2-4,9-15H2,1H3,(H,22,23);1H. The smallest absolute Gasteiger partial charge is 0.310 e. The molecule has 2 atom stereocenters. The molecule has 0 bridgehead atoms. The molecule has 9 nitrogen and oxygen atoms in total. The number of benzene rings is 1.